The van der Waals surface area contributed by atoms with Gasteiger partial charge in [0.15, 0.2) is 0 Å². The number of aromatic hydroxyl groups is 1. The van der Waals surface area contributed by atoms with Crippen molar-refractivity contribution in [1.29, 1.82) is 0 Å². The van der Waals surface area contributed by atoms with Crippen LogP contribution in [0.2, 0.25) is 0 Å². The standard InChI is InChI=1S/C15H21NO4/c1-9(10(2)15(19)20)14(18)16(4)11(3)12-7-5-6-8-13(12)17/h5-11,17H,1-4H3,(H,19,20). The van der Waals surface area contributed by atoms with Crippen LogP contribution in [-0.4, -0.2) is 34.0 Å². The molecular weight excluding hydrogens is 258 g/mol. The molecule has 5 heteroatoms. The average Bonchev–Trinajstić information content (AvgIpc) is 2.43. The first kappa shape index (κ1) is 16.0. The molecule has 0 saturated carbocycles. The van der Waals surface area contributed by atoms with Crippen molar-refractivity contribution in [3.8, 4) is 5.75 Å². The number of amides is 1. The second-order valence-electron chi connectivity index (χ2n) is 5.10. The van der Waals surface area contributed by atoms with Gasteiger partial charge < -0.3 is 15.1 Å². The summed E-state index contributed by atoms with van der Waals surface area (Å²) in [7, 11) is 1.62. The Labute approximate surface area is 118 Å². The third-order valence-corrected chi connectivity index (χ3v) is 3.84. The van der Waals surface area contributed by atoms with E-state index in [4.69, 9.17) is 5.11 Å². The molecule has 5 nitrogen and oxygen atoms in total. The molecule has 0 bridgehead atoms. The molecule has 2 N–H and O–H groups in total. The van der Waals surface area contributed by atoms with E-state index in [0.29, 0.717) is 5.56 Å². The summed E-state index contributed by atoms with van der Waals surface area (Å²) in [6, 6.07) is 6.48. The maximum absolute atomic E-state index is 12.3. The maximum atomic E-state index is 12.3. The molecule has 20 heavy (non-hydrogen) atoms. The molecule has 110 valence electrons. The number of carbonyl (C=O) groups is 2. The van der Waals surface area contributed by atoms with E-state index in [1.165, 1.54) is 11.8 Å². The Morgan fingerprint density at radius 1 is 1.10 bits per heavy atom. The highest BCUT2D eigenvalue weighted by Crippen LogP contribution is 2.28. The van der Waals surface area contributed by atoms with Crippen molar-refractivity contribution in [2.75, 3.05) is 7.05 Å². The number of carbonyl (C=O) groups excluding carboxylic acids is 1. The van der Waals surface area contributed by atoms with Gasteiger partial charge in [0, 0.05) is 18.5 Å². The highest BCUT2D eigenvalue weighted by molar-refractivity contribution is 5.84. The average molecular weight is 279 g/mol. The van der Waals surface area contributed by atoms with E-state index in [2.05, 4.69) is 0 Å². The second kappa shape index (κ2) is 6.41. The van der Waals surface area contributed by atoms with Crippen LogP contribution < -0.4 is 0 Å². The molecule has 3 atom stereocenters. The third kappa shape index (κ3) is 3.29. The summed E-state index contributed by atoms with van der Waals surface area (Å²) in [4.78, 5) is 24.7. The summed E-state index contributed by atoms with van der Waals surface area (Å²) >= 11 is 0. The van der Waals surface area contributed by atoms with Crippen LogP contribution in [0.4, 0.5) is 0 Å². The van der Waals surface area contributed by atoms with Gasteiger partial charge in [0.05, 0.1) is 12.0 Å². The minimum absolute atomic E-state index is 0.124. The van der Waals surface area contributed by atoms with Gasteiger partial charge in [-0.25, -0.2) is 0 Å². The molecule has 0 aliphatic heterocycles. The van der Waals surface area contributed by atoms with E-state index in [0.717, 1.165) is 0 Å². The second-order valence-corrected chi connectivity index (χ2v) is 5.10. The van der Waals surface area contributed by atoms with Gasteiger partial charge in [0.25, 0.3) is 0 Å². The van der Waals surface area contributed by atoms with Gasteiger partial charge in [-0.1, -0.05) is 32.0 Å². The third-order valence-electron chi connectivity index (χ3n) is 3.84. The number of rotatable bonds is 5. The van der Waals surface area contributed by atoms with Crippen LogP contribution in [0.15, 0.2) is 24.3 Å². The van der Waals surface area contributed by atoms with Gasteiger partial charge in [0.2, 0.25) is 5.91 Å². The SMILES string of the molecule is CC(C(=O)O)C(C)C(=O)N(C)C(C)c1ccccc1O. The van der Waals surface area contributed by atoms with Gasteiger partial charge in [0.1, 0.15) is 5.75 Å². The number of phenolic OH excluding ortho intramolecular Hbond substituents is 1. The number of nitrogens with zero attached hydrogens (tertiary/aromatic N) is 1. The van der Waals surface area contributed by atoms with Crippen LogP contribution in [0.1, 0.15) is 32.4 Å². The summed E-state index contributed by atoms with van der Waals surface area (Å²) in [6.45, 7) is 4.92. The Bertz CT molecular complexity index is 500. The van der Waals surface area contributed by atoms with Crippen LogP contribution in [0.3, 0.4) is 0 Å². The van der Waals surface area contributed by atoms with E-state index in [1.807, 2.05) is 0 Å². The van der Waals surface area contributed by atoms with Gasteiger partial charge in [-0.2, -0.15) is 0 Å². The number of carboxylic acids is 1. The Hall–Kier alpha value is -2.04. The number of aliphatic carboxylic acids is 1. The molecule has 1 rings (SSSR count). The Kier molecular flexibility index (Phi) is 5.13. The van der Waals surface area contributed by atoms with Crippen LogP contribution in [0, 0.1) is 11.8 Å². The molecule has 0 saturated heterocycles. The van der Waals surface area contributed by atoms with Crippen LogP contribution >= 0.6 is 0 Å². The van der Waals surface area contributed by atoms with Crippen molar-refractivity contribution < 1.29 is 19.8 Å². The van der Waals surface area contributed by atoms with Crippen molar-refractivity contribution in [2.45, 2.75) is 26.8 Å². The monoisotopic (exact) mass is 279 g/mol. The topological polar surface area (TPSA) is 77.8 Å². The van der Waals surface area contributed by atoms with E-state index >= 15 is 0 Å². The fourth-order valence-electron chi connectivity index (χ4n) is 1.99. The lowest BCUT2D eigenvalue weighted by Crippen LogP contribution is -2.38. The lowest BCUT2D eigenvalue weighted by molar-refractivity contribution is -0.149. The summed E-state index contributed by atoms with van der Waals surface area (Å²) < 4.78 is 0. The Balaban J connectivity index is 2.89. The van der Waals surface area contributed by atoms with Crippen LogP contribution in [0.25, 0.3) is 0 Å². The molecule has 0 fully saturated rings. The summed E-state index contributed by atoms with van der Waals surface area (Å²) in [5.74, 6) is -2.49. The first-order valence-corrected chi connectivity index (χ1v) is 6.54. The number of para-hydroxylation sites is 1. The molecular formula is C15H21NO4. The zero-order chi connectivity index (χ0) is 15.4. The van der Waals surface area contributed by atoms with Crippen molar-refractivity contribution in [2.24, 2.45) is 11.8 Å². The van der Waals surface area contributed by atoms with Crippen molar-refractivity contribution in [3.63, 3.8) is 0 Å². The fraction of sp³-hybridized carbons (Fsp3) is 0.467. The first-order chi connectivity index (χ1) is 9.27. The van der Waals surface area contributed by atoms with Crippen molar-refractivity contribution in [1.82, 2.24) is 4.90 Å². The fourth-order valence-corrected chi connectivity index (χ4v) is 1.99. The number of hydrogen-bond donors (Lipinski definition) is 2. The van der Waals surface area contributed by atoms with Gasteiger partial charge in [-0.3, -0.25) is 9.59 Å². The molecule has 0 spiro atoms. The molecule has 0 radical (unpaired) electrons. The number of benzene rings is 1. The molecule has 0 heterocycles. The van der Waals surface area contributed by atoms with E-state index in [1.54, 1.807) is 45.2 Å². The number of phenols is 1. The normalized spacial score (nSPS) is 15.2. The van der Waals surface area contributed by atoms with Crippen LogP contribution in [-0.2, 0) is 9.59 Å². The first-order valence-electron chi connectivity index (χ1n) is 6.54. The van der Waals surface area contributed by atoms with Crippen LogP contribution in [0.5, 0.6) is 5.75 Å². The van der Waals surface area contributed by atoms with Crippen molar-refractivity contribution >= 4 is 11.9 Å². The zero-order valence-corrected chi connectivity index (χ0v) is 12.2. The molecule has 0 aliphatic rings. The van der Waals surface area contributed by atoms with Gasteiger partial charge in [-0.05, 0) is 13.0 Å². The van der Waals surface area contributed by atoms with Gasteiger partial charge in [-0.15, -0.1) is 0 Å². The van der Waals surface area contributed by atoms with E-state index < -0.39 is 17.8 Å². The quantitative estimate of drug-likeness (QED) is 0.866. The molecule has 1 amide bonds. The Morgan fingerprint density at radius 3 is 2.15 bits per heavy atom. The van der Waals surface area contributed by atoms with E-state index in [-0.39, 0.29) is 17.7 Å². The highest BCUT2D eigenvalue weighted by Gasteiger charge is 2.30. The van der Waals surface area contributed by atoms with Gasteiger partial charge >= 0.3 is 5.97 Å². The van der Waals surface area contributed by atoms with E-state index in [9.17, 15) is 14.7 Å². The zero-order valence-electron chi connectivity index (χ0n) is 12.2. The van der Waals surface area contributed by atoms with Crippen molar-refractivity contribution in [3.05, 3.63) is 29.8 Å². The maximum Gasteiger partial charge on any atom is 0.307 e. The highest BCUT2D eigenvalue weighted by atomic mass is 16.4. The largest absolute Gasteiger partial charge is 0.508 e. The predicted molar refractivity (Wildman–Crippen MR) is 75.3 cm³/mol. The number of carboxylic acid groups (broad SMARTS) is 1. The Morgan fingerprint density at radius 2 is 1.65 bits per heavy atom. The molecule has 3 unspecified atom stereocenters. The molecule has 1 aromatic rings. The minimum atomic E-state index is -0.991. The predicted octanol–water partition coefficient (Wildman–Crippen LogP) is 2.27. The molecule has 0 aromatic heterocycles. The summed E-state index contributed by atoms with van der Waals surface area (Å²) in [5.41, 5.74) is 0.638. The lowest BCUT2D eigenvalue weighted by Gasteiger charge is -2.29. The molecule has 1 aromatic carbocycles. The lowest BCUT2D eigenvalue weighted by atomic mass is 9.94. The minimum Gasteiger partial charge on any atom is -0.508 e. The number of hydrogen-bond acceptors (Lipinski definition) is 3. The smallest absolute Gasteiger partial charge is 0.307 e. The summed E-state index contributed by atoms with van der Waals surface area (Å²) in [5, 5.41) is 18.8. The molecule has 0 aliphatic carbocycles. The summed E-state index contributed by atoms with van der Waals surface area (Å²) in [6.07, 6.45) is 0.